The molecule has 1 atom stereocenters. The lowest BCUT2D eigenvalue weighted by Gasteiger charge is -2.22. The standard InChI is InChI=1S/C14H20N4O3S/c15-22(20,21)12-5-4-10(9-16-12)17-13(19)18-11-8-14(11)6-2-1-3-7-14/h4-5,9,11H,1-3,6-8H2,(H2,15,20,21)(H2,17,18,19). The molecule has 2 aliphatic carbocycles. The van der Waals surface area contributed by atoms with Gasteiger partial charge in [-0.2, -0.15) is 0 Å². The van der Waals surface area contributed by atoms with Crippen LogP contribution in [-0.4, -0.2) is 25.5 Å². The highest BCUT2D eigenvalue weighted by atomic mass is 32.2. The summed E-state index contributed by atoms with van der Waals surface area (Å²) >= 11 is 0. The maximum absolute atomic E-state index is 12.0. The van der Waals surface area contributed by atoms with Crippen molar-refractivity contribution in [3.8, 4) is 0 Å². The summed E-state index contributed by atoms with van der Waals surface area (Å²) in [5.41, 5.74) is 0.758. The van der Waals surface area contributed by atoms with Crippen LogP contribution in [0.1, 0.15) is 38.5 Å². The minimum Gasteiger partial charge on any atom is -0.335 e. The number of amides is 2. The van der Waals surface area contributed by atoms with Crippen molar-refractivity contribution in [3.63, 3.8) is 0 Å². The zero-order valence-electron chi connectivity index (χ0n) is 12.2. The summed E-state index contributed by atoms with van der Waals surface area (Å²) in [4.78, 5) is 15.7. The van der Waals surface area contributed by atoms with E-state index in [2.05, 4.69) is 15.6 Å². The average molecular weight is 324 g/mol. The van der Waals surface area contributed by atoms with Gasteiger partial charge in [-0.05, 0) is 36.8 Å². The van der Waals surface area contributed by atoms with Crippen molar-refractivity contribution >= 4 is 21.7 Å². The summed E-state index contributed by atoms with van der Waals surface area (Å²) in [7, 11) is -3.82. The minimum atomic E-state index is -3.82. The Hall–Kier alpha value is -1.67. The molecular weight excluding hydrogens is 304 g/mol. The fourth-order valence-corrected chi connectivity index (χ4v) is 3.77. The number of aromatic nitrogens is 1. The van der Waals surface area contributed by atoms with E-state index in [-0.39, 0.29) is 17.1 Å². The van der Waals surface area contributed by atoms with Crippen LogP contribution in [0.4, 0.5) is 10.5 Å². The first kappa shape index (κ1) is 15.2. The van der Waals surface area contributed by atoms with Gasteiger partial charge in [-0.25, -0.2) is 23.3 Å². The van der Waals surface area contributed by atoms with E-state index >= 15 is 0 Å². The molecule has 8 heteroatoms. The Morgan fingerprint density at radius 2 is 2.00 bits per heavy atom. The maximum Gasteiger partial charge on any atom is 0.319 e. The van der Waals surface area contributed by atoms with Crippen LogP contribution < -0.4 is 15.8 Å². The zero-order chi connectivity index (χ0) is 15.8. The van der Waals surface area contributed by atoms with Gasteiger partial charge in [0.15, 0.2) is 5.03 Å². The topological polar surface area (TPSA) is 114 Å². The van der Waals surface area contributed by atoms with Crippen molar-refractivity contribution in [2.75, 3.05) is 5.32 Å². The number of carbonyl (C=O) groups excluding carboxylic acids is 1. The number of primary sulfonamides is 1. The van der Waals surface area contributed by atoms with Crippen LogP contribution in [0.15, 0.2) is 23.4 Å². The molecule has 120 valence electrons. The highest BCUT2D eigenvalue weighted by Crippen LogP contribution is 2.56. The van der Waals surface area contributed by atoms with Gasteiger partial charge >= 0.3 is 6.03 Å². The van der Waals surface area contributed by atoms with E-state index in [1.807, 2.05) is 0 Å². The number of carbonyl (C=O) groups is 1. The van der Waals surface area contributed by atoms with Crippen LogP contribution in [0.3, 0.4) is 0 Å². The molecule has 0 bridgehead atoms. The van der Waals surface area contributed by atoms with Crippen LogP contribution in [0.25, 0.3) is 0 Å². The Labute approximate surface area is 129 Å². The van der Waals surface area contributed by atoms with Gasteiger partial charge in [0.05, 0.1) is 11.9 Å². The fourth-order valence-electron chi connectivity index (χ4n) is 3.31. The Morgan fingerprint density at radius 3 is 2.59 bits per heavy atom. The van der Waals surface area contributed by atoms with E-state index < -0.39 is 10.0 Å². The first-order valence-corrected chi connectivity index (χ1v) is 9.00. The molecule has 0 saturated heterocycles. The number of pyridine rings is 1. The minimum absolute atomic E-state index is 0.221. The monoisotopic (exact) mass is 324 g/mol. The smallest absolute Gasteiger partial charge is 0.319 e. The third kappa shape index (κ3) is 3.22. The lowest BCUT2D eigenvalue weighted by atomic mass is 9.86. The Kier molecular flexibility index (Phi) is 3.82. The number of nitrogens with one attached hydrogen (secondary N) is 2. The SMILES string of the molecule is NS(=O)(=O)c1ccc(NC(=O)NC2CC23CCCCC3)cn1. The Bertz CT molecular complexity index is 666. The van der Waals surface area contributed by atoms with E-state index in [9.17, 15) is 13.2 Å². The molecule has 1 aromatic rings. The van der Waals surface area contributed by atoms with E-state index in [1.165, 1.54) is 50.4 Å². The number of nitrogens with two attached hydrogens (primary N) is 1. The predicted octanol–water partition coefficient (Wildman–Crippen LogP) is 1.57. The molecule has 2 amide bonds. The summed E-state index contributed by atoms with van der Waals surface area (Å²) in [6, 6.07) is 2.71. The maximum atomic E-state index is 12.0. The molecule has 2 saturated carbocycles. The number of anilines is 1. The van der Waals surface area contributed by atoms with Crippen LogP contribution in [-0.2, 0) is 10.0 Å². The molecule has 2 fully saturated rings. The summed E-state index contributed by atoms with van der Waals surface area (Å²) in [5, 5.41) is 10.4. The van der Waals surface area contributed by atoms with E-state index in [0.717, 1.165) is 6.42 Å². The summed E-state index contributed by atoms with van der Waals surface area (Å²) in [6.45, 7) is 0. The van der Waals surface area contributed by atoms with Gasteiger partial charge in [0.2, 0.25) is 0 Å². The molecule has 4 N–H and O–H groups in total. The quantitative estimate of drug-likeness (QED) is 0.783. The molecule has 22 heavy (non-hydrogen) atoms. The van der Waals surface area contributed by atoms with Crippen molar-refractivity contribution in [2.24, 2.45) is 10.6 Å². The van der Waals surface area contributed by atoms with Gasteiger partial charge in [-0.1, -0.05) is 19.3 Å². The van der Waals surface area contributed by atoms with Crippen molar-refractivity contribution in [2.45, 2.75) is 49.6 Å². The van der Waals surface area contributed by atoms with E-state index in [4.69, 9.17) is 5.14 Å². The summed E-state index contributed by atoms with van der Waals surface area (Å²) < 4.78 is 22.2. The van der Waals surface area contributed by atoms with Crippen molar-refractivity contribution in [1.29, 1.82) is 0 Å². The van der Waals surface area contributed by atoms with Gasteiger partial charge in [-0.3, -0.25) is 0 Å². The predicted molar refractivity (Wildman–Crippen MR) is 81.7 cm³/mol. The second-order valence-electron chi connectivity index (χ2n) is 6.21. The molecule has 3 rings (SSSR count). The van der Waals surface area contributed by atoms with Crippen molar-refractivity contribution < 1.29 is 13.2 Å². The molecule has 1 aromatic heterocycles. The third-order valence-electron chi connectivity index (χ3n) is 4.63. The summed E-state index contributed by atoms with van der Waals surface area (Å²) in [6.07, 6.45) is 8.52. The summed E-state index contributed by atoms with van der Waals surface area (Å²) in [5.74, 6) is 0. The van der Waals surface area contributed by atoms with Gasteiger partial charge < -0.3 is 10.6 Å². The second-order valence-corrected chi connectivity index (χ2v) is 7.72. The highest BCUT2D eigenvalue weighted by Gasteiger charge is 2.54. The first-order chi connectivity index (χ1) is 10.4. The van der Waals surface area contributed by atoms with Crippen LogP contribution in [0.5, 0.6) is 0 Å². The molecule has 1 spiro atoms. The van der Waals surface area contributed by atoms with Crippen LogP contribution >= 0.6 is 0 Å². The largest absolute Gasteiger partial charge is 0.335 e. The van der Waals surface area contributed by atoms with Gasteiger partial charge in [-0.15, -0.1) is 0 Å². The van der Waals surface area contributed by atoms with E-state index in [0.29, 0.717) is 11.1 Å². The van der Waals surface area contributed by atoms with E-state index in [1.54, 1.807) is 0 Å². The van der Waals surface area contributed by atoms with Gasteiger partial charge in [0.25, 0.3) is 10.0 Å². The molecule has 0 aliphatic heterocycles. The number of sulfonamides is 1. The van der Waals surface area contributed by atoms with Crippen molar-refractivity contribution in [1.82, 2.24) is 10.3 Å². The number of nitrogens with zero attached hydrogens (tertiary/aromatic N) is 1. The molecule has 2 aliphatic rings. The molecule has 0 radical (unpaired) electrons. The molecule has 7 nitrogen and oxygen atoms in total. The van der Waals surface area contributed by atoms with Crippen LogP contribution in [0.2, 0.25) is 0 Å². The zero-order valence-corrected chi connectivity index (χ0v) is 13.0. The highest BCUT2D eigenvalue weighted by molar-refractivity contribution is 7.89. The molecular formula is C14H20N4O3S. The second kappa shape index (κ2) is 5.51. The van der Waals surface area contributed by atoms with Crippen molar-refractivity contribution in [3.05, 3.63) is 18.3 Å². The fraction of sp³-hybridized carbons (Fsp3) is 0.571. The lowest BCUT2D eigenvalue weighted by molar-refractivity contribution is 0.247. The third-order valence-corrected chi connectivity index (χ3v) is 5.45. The van der Waals surface area contributed by atoms with Crippen LogP contribution in [0, 0.1) is 5.41 Å². The number of hydrogen-bond donors (Lipinski definition) is 3. The normalized spacial score (nSPS) is 23.0. The lowest BCUT2D eigenvalue weighted by Crippen LogP contribution is -2.34. The molecule has 1 heterocycles. The van der Waals surface area contributed by atoms with Gasteiger partial charge in [0.1, 0.15) is 0 Å². The average Bonchev–Trinajstić information content (AvgIpc) is 3.10. The number of hydrogen-bond acceptors (Lipinski definition) is 4. The molecule has 0 aromatic carbocycles. The Balaban J connectivity index is 1.54. The number of urea groups is 1. The molecule has 1 unspecified atom stereocenters. The first-order valence-electron chi connectivity index (χ1n) is 7.45. The number of rotatable bonds is 3. The Morgan fingerprint density at radius 1 is 1.27 bits per heavy atom. The van der Waals surface area contributed by atoms with Gasteiger partial charge in [0, 0.05) is 6.04 Å².